The molecule has 142 valence electrons. The fraction of sp³-hybridized carbons (Fsp3) is 0.500. The van der Waals surface area contributed by atoms with Crippen molar-refractivity contribution < 1.29 is 29.3 Å². The standard InChI is InChI=1S/C20H26O6/c1-8-11(5)17(22)26-16-14(21)19(7,9-2)13(10(3)4)15-20(16,24)12(6)18(23)25-15/h8-9,13-16,21,24H,2-3,6H2,1,4-5,7H3/b11-8-/t13-,14-,15-,16-,19+,20+/m0/s1. The van der Waals surface area contributed by atoms with Crippen LogP contribution in [0.25, 0.3) is 0 Å². The van der Waals surface area contributed by atoms with Gasteiger partial charge in [0.2, 0.25) is 0 Å². The van der Waals surface area contributed by atoms with Crippen LogP contribution in [0.4, 0.5) is 0 Å². The molecule has 0 unspecified atom stereocenters. The summed E-state index contributed by atoms with van der Waals surface area (Å²) >= 11 is 0. The normalized spacial score (nSPS) is 39.8. The minimum absolute atomic E-state index is 0.255. The van der Waals surface area contributed by atoms with Gasteiger partial charge in [0, 0.05) is 16.9 Å². The molecule has 2 N–H and O–H groups in total. The van der Waals surface area contributed by atoms with Crippen LogP contribution in [-0.4, -0.2) is 46.1 Å². The minimum Gasteiger partial charge on any atom is -0.455 e. The van der Waals surface area contributed by atoms with Gasteiger partial charge in [0.1, 0.15) is 12.2 Å². The van der Waals surface area contributed by atoms with Crippen molar-refractivity contribution in [2.45, 2.75) is 51.6 Å². The Labute approximate surface area is 153 Å². The number of allylic oxidation sites excluding steroid dienone is 1. The molecule has 1 heterocycles. The van der Waals surface area contributed by atoms with E-state index in [1.54, 1.807) is 33.8 Å². The van der Waals surface area contributed by atoms with E-state index in [-0.39, 0.29) is 5.57 Å². The first-order valence-corrected chi connectivity index (χ1v) is 8.40. The van der Waals surface area contributed by atoms with Gasteiger partial charge in [-0.2, -0.15) is 0 Å². The lowest BCUT2D eigenvalue weighted by molar-refractivity contribution is -0.230. The van der Waals surface area contributed by atoms with Crippen molar-refractivity contribution in [3.63, 3.8) is 0 Å². The van der Waals surface area contributed by atoms with Gasteiger partial charge in [-0.05, 0) is 20.8 Å². The quantitative estimate of drug-likeness (QED) is 0.450. The number of aliphatic hydroxyl groups excluding tert-OH is 1. The van der Waals surface area contributed by atoms with Gasteiger partial charge in [-0.15, -0.1) is 6.58 Å². The number of fused-ring (bicyclic) bond motifs is 1. The fourth-order valence-corrected chi connectivity index (χ4v) is 3.86. The largest absolute Gasteiger partial charge is 0.455 e. The molecule has 2 fully saturated rings. The molecule has 0 spiro atoms. The van der Waals surface area contributed by atoms with Crippen LogP contribution in [0.5, 0.6) is 0 Å². The van der Waals surface area contributed by atoms with E-state index in [1.807, 2.05) is 0 Å². The van der Waals surface area contributed by atoms with Crippen LogP contribution in [0.2, 0.25) is 0 Å². The smallest absolute Gasteiger partial charge is 0.337 e. The lowest BCUT2D eigenvalue weighted by Crippen LogP contribution is -2.69. The Morgan fingerprint density at radius 3 is 2.42 bits per heavy atom. The molecule has 6 atom stereocenters. The predicted molar refractivity (Wildman–Crippen MR) is 95.9 cm³/mol. The van der Waals surface area contributed by atoms with Gasteiger partial charge < -0.3 is 19.7 Å². The first kappa shape index (κ1) is 20.1. The Balaban J connectivity index is 2.65. The van der Waals surface area contributed by atoms with E-state index in [9.17, 15) is 19.8 Å². The summed E-state index contributed by atoms with van der Waals surface area (Å²) < 4.78 is 10.8. The molecular weight excluding hydrogens is 336 g/mol. The number of rotatable bonds is 4. The van der Waals surface area contributed by atoms with Gasteiger partial charge >= 0.3 is 11.9 Å². The molecule has 26 heavy (non-hydrogen) atoms. The zero-order valence-electron chi connectivity index (χ0n) is 15.6. The van der Waals surface area contributed by atoms with Crippen molar-refractivity contribution in [3.05, 3.63) is 48.6 Å². The zero-order valence-corrected chi connectivity index (χ0v) is 15.6. The van der Waals surface area contributed by atoms with Crippen LogP contribution in [0.1, 0.15) is 27.7 Å². The van der Waals surface area contributed by atoms with Crippen LogP contribution in [0.3, 0.4) is 0 Å². The van der Waals surface area contributed by atoms with Gasteiger partial charge in [0.25, 0.3) is 0 Å². The third-order valence-electron chi connectivity index (χ3n) is 5.69. The van der Waals surface area contributed by atoms with Gasteiger partial charge in [0.05, 0.1) is 5.57 Å². The molecular formula is C20H26O6. The molecule has 6 nitrogen and oxygen atoms in total. The molecule has 0 aromatic rings. The summed E-state index contributed by atoms with van der Waals surface area (Å²) in [4.78, 5) is 24.5. The maximum absolute atomic E-state index is 12.3. The van der Waals surface area contributed by atoms with Crippen molar-refractivity contribution in [2.75, 3.05) is 0 Å². The van der Waals surface area contributed by atoms with Crippen LogP contribution >= 0.6 is 0 Å². The van der Waals surface area contributed by atoms with E-state index in [0.717, 1.165) is 0 Å². The second-order valence-corrected chi connectivity index (χ2v) is 7.27. The molecule has 0 aromatic heterocycles. The van der Waals surface area contributed by atoms with E-state index >= 15 is 0 Å². The van der Waals surface area contributed by atoms with Crippen molar-refractivity contribution in [3.8, 4) is 0 Å². The molecule has 0 aromatic carbocycles. The molecule has 1 saturated carbocycles. The molecule has 2 aliphatic rings. The SMILES string of the molecule is C=C[C@@]1(C)[C@@H](O)[C@H](OC(=O)/C(C)=C\C)[C@@]2(O)C(=C)C(=O)O[C@H]2[C@@H]1C(=C)C. The van der Waals surface area contributed by atoms with E-state index in [4.69, 9.17) is 9.47 Å². The lowest BCUT2D eigenvalue weighted by Gasteiger charge is -2.54. The minimum atomic E-state index is -2.06. The Kier molecular flexibility index (Phi) is 5.05. The number of carbonyl (C=O) groups excluding carboxylic acids is 2. The first-order valence-electron chi connectivity index (χ1n) is 8.40. The summed E-state index contributed by atoms with van der Waals surface area (Å²) in [6.45, 7) is 17.9. The van der Waals surface area contributed by atoms with Crippen molar-refractivity contribution >= 4 is 11.9 Å². The average Bonchev–Trinajstić information content (AvgIpc) is 2.82. The predicted octanol–water partition coefficient (Wildman–Crippen LogP) is 1.84. The summed E-state index contributed by atoms with van der Waals surface area (Å²) in [5.74, 6) is -2.15. The number of ether oxygens (including phenoxy) is 2. The van der Waals surface area contributed by atoms with Crippen molar-refractivity contribution in [2.24, 2.45) is 11.3 Å². The third-order valence-corrected chi connectivity index (χ3v) is 5.69. The molecule has 0 radical (unpaired) electrons. The second-order valence-electron chi connectivity index (χ2n) is 7.27. The van der Waals surface area contributed by atoms with E-state index in [2.05, 4.69) is 19.7 Å². The number of carbonyl (C=O) groups is 2. The highest BCUT2D eigenvalue weighted by Crippen LogP contribution is 2.55. The van der Waals surface area contributed by atoms with Crippen LogP contribution in [-0.2, 0) is 19.1 Å². The first-order chi connectivity index (χ1) is 12.0. The number of aliphatic hydroxyl groups is 2. The van der Waals surface area contributed by atoms with Crippen LogP contribution in [0.15, 0.2) is 48.6 Å². The Bertz CT molecular complexity index is 720. The van der Waals surface area contributed by atoms with Crippen molar-refractivity contribution in [1.82, 2.24) is 0 Å². The van der Waals surface area contributed by atoms with Crippen LogP contribution in [0, 0.1) is 11.3 Å². The fourth-order valence-electron chi connectivity index (χ4n) is 3.86. The van der Waals surface area contributed by atoms with E-state index < -0.39 is 47.2 Å². The second kappa shape index (κ2) is 6.52. The van der Waals surface area contributed by atoms with Gasteiger partial charge in [0.15, 0.2) is 11.7 Å². The summed E-state index contributed by atoms with van der Waals surface area (Å²) in [5.41, 5.74) is -2.48. The summed E-state index contributed by atoms with van der Waals surface area (Å²) in [6, 6.07) is 0. The average molecular weight is 362 g/mol. The highest BCUT2D eigenvalue weighted by Gasteiger charge is 2.70. The topological polar surface area (TPSA) is 93.1 Å². The molecule has 0 amide bonds. The van der Waals surface area contributed by atoms with Gasteiger partial charge in [-0.3, -0.25) is 0 Å². The van der Waals surface area contributed by atoms with Crippen LogP contribution < -0.4 is 0 Å². The molecule has 1 aliphatic heterocycles. The number of esters is 2. The molecule has 1 saturated heterocycles. The maximum atomic E-state index is 12.3. The summed E-state index contributed by atoms with van der Waals surface area (Å²) in [7, 11) is 0. The molecule has 0 bridgehead atoms. The van der Waals surface area contributed by atoms with Gasteiger partial charge in [-0.1, -0.05) is 37.8 Å². The lowest BCUT2D eigenvalue weighted by atomic mass is 9.56. The molecule has 1 aliphatic carbocycles. The molecule has 2 rings (SSSR count). The maximum Gasteiger partial charge on any atom is 0.337 e. The van der Waals surface area contributed by atoms with E-state index in [0.29, 0.717) is 11.1 Å². The highest BCUT2D eigenvalue weighted by atomic mass is 16.6. The monoisotopic (exact) mass is 362 g/mol. The number of hydrogen-bond acceptors (Lipinski definition) is 6. The third kappa shape index (κ3) is 2.56. The Morgan fingerprint density at radius 2 is 1.96 bits per heavy atom. The van der Waals surface area contributed by atoms with E-state index in [1.165, 1.54) is 6.08 Å². The Morgan fingerprint density at radius 1 is 1.38 bits per heavy atom. The number of hydrogen-bond donors (Lipinski definition) is 2. The molecule has 6 heteroatoms. The summed E-state index contributed by atoms with van der Waals surface area (Å²) in [6.07, 6.45) is -0.854. The highest BCUT2D eigenvalue weighted by molar-refractivity contribution is 5.94. The summed E-state index contributed by atoms with van der Waals surface area (Å²) in [5, 5.41) is 22.4. The Hall–Kier alpha value is -2.18. The zero-order chi connectivity index (χ0) is 20.0. The van der Waals surface area contributed by atoms with Gasteiger partial charge in [-0.25, -0.2) is 9.59 Å². The van der Waals surface area contributed by atoms with Crippen molar-refractivity contribution in [1.29, 1.82) is 0 Å².